The molecule has 0 N–H and O–H groups in total. The van der Waals surface area contributed by atoms with E-state index in [1.54, 1.807) is 0 Å². The molecule has 0 amide bonds. The van der Waals surface area contributed by atoms with E-state index in [1.165, 1.54) is 24.3 Å². The molecule has 2 aliphatic heterocycles. The van der Waals surface area contributed by atoms with Crippen LogP contribution in [0.2, 0.25) is 0 Å². The average molecular weight is 687 g/mol. The zero-order valence-corrected chi connectivity index (χ0v) is 24.2. The number of halogens is 8. The van der Waals surface area contributed by atoms with Crippen molar-refractivity contribution in [1.29, 1.82) is 0 Å². The summed E-state index contributed by atoms with van der Waals surface area (Å²) in [6.45, 7) is 1.17. The Morgan fingerprint density at radius 3 is 1.31 bits per heavy atom. The average Bonchev–Trinajstić information content (AvgIpc) is 3.93. The quantitative estimate of drug-likeness (QED) is 0.0676. The van der Waals surface area contributed by atoms with E-state index >= 15 is 0 Å². The lowest BCUT2D eigenvalue weighted by Crippen LogP contribution is -2.21. The molecule has 3 aromatic carbocycles. The van der Waals surface area contributed by atoms with Crippen molar-refractivity contribution in [3.8, 4) is 23.0 Å². The molecule has 2 aliphatic rings. The molecular formula is C32H22F8O8. The van der Waals surface area contributed by atoms with Gasteiger partial charge in [0.25, 0.3) is 0 Å². The number of rotatable bonds is 12. The molecule has 0 aliphatic carbocycles. The molecule has 254 valence electrons. The van der Waals surface area contributed by atoms with Gasteiger partial charge in [0.2, 0.25) is 0 Å². The first-order valence-electron chi connectivity index (χ1n) is 13.9. The molecule has 16 heteroatoms. The number of carbonyl (C=O) groups is 2. The zero-order chi connectivity index (χ0) is 34.6. The summed E-state index contributed by atoms with van der Waals surface area (Å²) in [5, 5.41) is 0. The maximum absolute atomic E-state index is 14.3. The lowest BCUT2D eigenvalue weighted by molar-refractivity contribution is -0.164. The van der Waals surface area contributed by atoms with Crippen LogP contribution in [0.3, 0.4) is 0 Å². The smallest absolute Gasteiger partial charge is 0.420 e. The van der Waals surface area contributed by atoms with Crippen molar-refractivity contribution < 1.29 is 73.1 Å². The van der Waals surface area contributed by atoms with Gasteiger partial charge in [-0.2, -0.15) is 26.3 Å². The number of hydrogen-bond donors (Lipinski definition) is 0. The predicted molar refractivity (Wildman–Crippen MR) is 149 cm³/mol. The molecule has 0 radical (unpaired) electrons. The van der Waals surface area contributed by atoms with Crippen LogP contribution in [0.15, 0.2) is 60.7 Å². The van der Waals surface area contributed by atoms with Gasteiger partial charge in [-0.25, -0.2) is 18.4 Å². The second kappa shape index (κ2) is 14.0. The summed E-state index contributed by atoms with van der Waals surface area (Å²) in [6.07, 6.45) is -8.74. The van der Waals surface area contributed by atoms with Crippen LogP contribution in [0, 0.1) is 11.6 Å². The van der Waals surface area contributed by atoms with Crippen LogP contribution in [0.1, 0.15) is 22.3 Å². The number of ether oxygens (including phenoxy) is 6. The molecular weight excluding hydrogens is 664 g/mol. The molecule has 2 heterocycles. The lowest BCUT2D eigenvalue weighted by Gasteiger charge is -2.21. The number of carbonyl (C=O) groups excluding carboxylic acids is 2. The topological polar surface area (TPSA) is 96.1 Å². The summed E-state index contributed by atoms with van der Waals surface area (Å²) in [4.78, 5) is 24.7. The monoisotopic (exact) mass is 686 g/mol. The van der Waals surface area contributed by atoms with Gasteiger partial charge in [-0.05, 0) is 59.7 Å². The van der Waals surface area contributed by atoms with Crippen LogP contribution in [0.5, 0.6) is 23.0 Å². The SMILES string of the molecule is O=C(/C=C/c1ccc(OCC2CO2)c(F)c1)Oc1ccc(OC(=O)/C=C/c2ccc(OCC3CO3)c(F)c2)c(C(F)(F)F)c1C(F)(F)F. The highest BCUT2D eigenvalue weighted by molar-refractivity contribution is 5.90. The second-order valence-electron chi connectivity index (χ2n) is 10.2. The van der Waals surface area contributed by atoms with Crippen molar-refractivity contribution >= 4 is 24.1 Å². The minimum absolute atomic E-state index is 0.0532. The summed E-state index contributed by atoms with van der Waals surface area (Å²) in [6, 6.07) is 7.69. The Hall–Kier alpha value is -4.96. The van der Waals surface area contributed by atoms with Crippen LogP contribution >= 0.6 is 0 Å². The van der Waals surface area contributed by atoms with E-state index in [9.17, 15) is 44.7 Å². The van der Waals surface area contributed by atoms with Gasteiger partial charge in [0.1, 0.15) is 48.0 Å². The van der Waals surface area contributed by atoms with Gasteiger partial charge in [-0.1, -0.05) is 12.1 Å². The minimum atomic E-state index is -5.75. The van der Waals surface area contributed by atoms with Gasteiger partial charge in [0, 0.05) is 12.2 Å². The maximum atomic E-state index is 14.3. The first kappa shape index (κ1) is 34.4. The van der Waals surface area contributed by atoms with Crippen molar-refractivity contribution in [2.75, 3.05) is 26.4 Å². The van der Waals surface area contributed by atoms with E-state index < -0.39 is 58.6 Å². The van der Waals surface area contributed by atoms with Gasteiger partial charge < -0.3 is 28.4 Å². The Kier molecular flexibility index (Phi) is 10.0. The van der Waals surface area contributed by atoms with Gasteiger partial charge >= 0.3 is 24.3 Å². The molecule has 48 heavy (non-hydrogen) atoms. The molecule has 0 aromatic heterocycles. The van der Waals surface area contributed by atoms with Gasteiger partial charge in [-0.15, -0.1) is 0 Å². The third-order valence-corrected chi connectivity index (χ3v) is 6.51. The highest BCUT2D eigenvalue weighted by Crippen LogP contribution is 2.49. The summed E-state index contributed by atoms with van der Waals surface area (Å²) >= 11 is 0. The molecule has 8 nitrogen and oxygen atoms in total. The van der Waals surface area contributed by atoms with E-state index in [1.807, 2.05) is 0 Å². The van der Waals surface area contributed by atoms with Crippen LogP contribution in [0.25, 0.3) is 12.2 Å². The van der Waals surface area contributed by atoms with Gasteiger partial charge in [0.15, 0.2) is 23.1 Å². The van der Waals surface area contributed by atoms with E-state index in [0.29, 0.717) is 37.5 Å². The first-order chi connectivity index (χ1) is 22.7. The third-order valence-electron chi connectivity index (χ3n) is 6.51. The third kappa shape index (κ3) is 9.32. The summed E-state index contributed by atoms with van der Waals surface area (Å²) < 4.78 is 142. The van der Waals surface area contributed by atoms with Crippen molar-refractivity contribution in [3.05, 3.63) is 94.6 Å². The Morgan fingerprint density at radius 2 is 1.00 bits per heavy atom. The van der Waals surface area contributed by atoms with E-state index in [0.717, 1.165) is 24.3 Å². The fraction of sp³-hybridized carbons (Fsp3) is 0.250. The van der Waals surface area contributed by atoms with Crippen molar-refractivity contribution in [2.45, 2.75) is 24.6 Å². The highest BCUT2D eigenvalue weighted by Gasteiger charge is 2.48. The van der Waals surface area contributed by atoms with E-state index in [-0.39, 0.29) is 48.0 Å². The molecule has 2 unspecified atom stereocenters. The van der Waals surface area contributed by atoms with Crippen LogP contribution in [0.4, 0.5) is 35.1 Å². The van der Waals surface area contributed by atoms with Crippen molar-refractivity contribution in [3.63, 3.8) is 0 Å². The largest absolute Gasteiger partial charge is 0.488 e. The standard InChI is InChI=1S/C32H22F8O8/c33-21-11-17(1-5-23(21)45-15-19-13-43-19)3-9-27(41)47-25-7-8-26(30(32(38,39)40)29(25)31(35,36)37)48-28(42)10-4-18-2-6-24(22(34)12-18)46-16-20-14-44-20/h1-12,19-20H,13-16H2/b9-3+,10-4+. The molecule has 3 aromatic rings. The maximum Gasteiger partial charge on any atom is 0.420 e. The van der Waals surface area contributed by atoms with Gasteiger partial charge in [0.05, 0.1) is 13.2 Å². The number of hydrogen-bond acceptors (Lipinski definition) is 8. The van der Waals surface area contributed by atoms with Crippen molar-refractivity contribution in [2.24, 2.45) is 0 Å². The molecule has 5 rings (SSSR count). The Morgan fingerprint density at radius 1 is 0.646 bits per heavy atom. The van der Waals surface area contributed by atoms with Crippen LogP contribution < -0.4 is 18.9 Å². The highest BCUT2D eigenvalue weighted by atomic mass is 19.4. The first-order valence-corrected chi connectivity index (χ1v) is 13.9. The second-order valence-corrected chi connectivity index (χ2v) is 10.2. The van der Waals surface area contributed by atoms with Gasteiger partial charge in [-0.3, -0.25) is 0 Å². The Balaban J connectivity index is 1.31. The summed E-state index contributed by atoms with van der Waals surface area (Å²) in [7, 11) is 0. The number of alkyl halides is 6. The van der Waals surface area contributed by atoms with Crippen molar-refractivity contribution in [1.82, 2.24) is 0 Å². The molecule has 2 saturated heterocycles. The number of esters is 2. The summed E-state index contributed by atoms with van der Waals surface area (Å²) in [5.41, 5.74) is -4.77. The minimum Gasteiger partial charge on any atom is -0.488 e. The van der Waals surface area contributed by atoms with E-state index in [4.69, 9.17) is 18.9 Å². The molecule has 2 atom stereocenters. The predicted octanol–water partition coefficient (Wildman–Crippen LogP) is 6.80. The number of benzene rings is 3. The van der Waals surface area contributed by atoms with Crippen LogP contribution in [-0.4, -0.2) is 50.6 Å². The Labute approximate surface area is 266 Å². The fourth-order valence-electron chi connectivity index (χ4n) is 4.08. The van der Waals surface area contributed by atoms with E-state index in [2.05, 4.69) is 9.47 Å². The number of epoxide rings is 2. The summed E-state index contributed by atoms with van der Waals surface area (Å²) in [5.74, 6) is -8.03. The molecule has 0 spiro atoms. The molecule has 0 bridgehead atoms. The molecule has 0 saturated carbocycles. The zero-order valence-electron chi connectivity index (χ0n) is 24.2. The lowest BCUT2D eigenvalue weighted by atomic mass is 10.0. The normalized spacial score (nSPS) is 17.4. The van der Waals surface area contributed by atoms with Crippen LogP contribution in [-0.2, 0) is 31.4 Å². The fourth-order valence-corrected chi connectivity index (χ4v) is 4.08. The molecule has 2 fully saturated rings. The Bertz CT molecular complexity index is 1610.